The zero-order chi connectivity index (χ0) is 15.4. The molecule has 0 saturated heterocycles. The molecule has 0 radical (unpaired) electrons. The third-order valence-electron chi connectivity index (χ3n) is 2.61. The normalized spacial score (nSPS) is 10.4. The minimum Gasteiger partial charge on any atom is -0.377 e. The lowest BCUT2D eigenvalue weighted by Gasteiger charge is -2.03. The Bertz CT molecular complexity index is 686. The van der Waals surface area contributed by atoms with Crippen LogP contribution in [0.4, 0.5) is 10.8 Å². The highest BCUT2D eigenvalue weighted by Crippen LogP contribution is 2.21. The van der Waals surface area contributed by atoms with Crippen LogP contribution in [0.25, 0.3) is 0 Å². The fourth-order valence-electron chi connectivity index (χ4n) is 1.66. The van der Waals surface area contributed by atoms with Gasteiger partial charge in [0.25, 0.3) is 11.6 Å². The Morgan fingerprint density at radius 3 is 2.86 bits per heavy atom. The lowest BCUT2D eigenvalue weighted by atomic mass is 10.1. The predicted octanol–water partition coefficient (Wildman–Crippen LogP) is 2.15. The summed E-state index contributed by atoms with van der Waals surface area (Å²) in [4.78, 5) is 22.3. The van der Waals surface area contributed by atoms with E-state index in [-0.39, 0.29) is 5.69 Å². The lowest BCUT2D eigenvalue weighted by molar-refractivity contribution is -0.385. The summed E-state index contributed by atoms with van der Waals surface area (Å²) in [6.07, 6.45) is 0. The van der Waals surface area contributed by atoms with Gasteiger partial charge in [-0.25, -0.2) is 0 Å². The van der Waals surface area contributed by atoms with E-state index < -0.39 is 10.8 Å². The first-order chi connectivity index (χ1) is 10.0. The molecule has 2 rings (SSSR count). The van der Waals surface area contributed by atoms with Gasteiger partial charge in [0.2, 0.25) is 5.13 Å². The summed E-state index contributed by atoms with van der Waals surface area (Å²) in [6.45, 7) is 1.90. The van der Waals surface area contributed by atoms with Gasteiger partial charge in [0, 0.05) is 24.3 Å². The highest BCUT2D eigenvalue weighted by Gasteiger charge is 2.15. The third kappa shape index (κ3) is 3.58. The van der Waals surface area contributed by atoms with E-state index >= 15 is 0 Å². The van der Waals surface area contributed by atoms with Crippen LogP contribution in [0.3, 0.4) is 0 Å². The van der Waals surface area contributed by atoms with Crippen LogP contribution in [0.2, 0.25) is 0 Å². The third-order valence-corrected chi connectivity index (χ3v) is 3.42. The Kier molecular flexibility index (Phi) is 4.55. The standard InChI is InChI=1S/C12H12N4O4S/c1-7-5-8(3-4-9(7)16(18)19)11(17)13-12-15-14-10(21-12)6-20-2/h3-5H,6H2,1-2H3,(H,13,15,17). The number of benzene rings is 1. The summed E-state index contributed by atoms with van der Waals surface area (Å²) in [5.41, 5.74) is 0.719. The second-order valence-corrected chi connectivity index (χ2v) is 5.21. The van der Waals surface area contributed by atoms with Gasteiger partial charge in [-0.2, -0.15) is 0 Å². The number of aryl methyl sites for hydroxylation is 1. The van der Waals surface area contributed by atoms with Crippen LogP contribution >= 0.6 is 11.3 Å². The molecule has 21 heavy (non-hydrogen) atoms. The summed E-state index contributed by atoms with van der Waals surface area (Å²) >= 11 is 1.21. The average molecular weight is 308 g/mol. The van der Waals surface area contributed by atoms with Crippen molar-refractivity contribution in [3.8, 4) is 0 Å². The molecule has 110 valence electrons. The van der Waals surface area contributed by atoms with Crippen LogP contribution in [0.1, 0.15) is 20.9 Å². The van der Waals surface area contributed by atoms with Crippen molar-refractivity contribution in [1.29, 1.82) is 0 Å². The first kappa shape index (κ1) is 15.0. The van der Waals surface area contributed by atoms with Gasteiger partial charge in [0.1, 0.15) is 11.6 Å². The van der Waals surface area contributed by atoms with Gasteiger partial charge in [-0.15, -0.1) is 10.2 Å². The summed E-state index contributed by atoms with van der Waals surface area (Å²) in [5, 5.41) is 22.0. The van der Waals surface area contributed by atoms with Crippen LogP contribution in [-0.2, 0) is 11.3 Å². The monoisotopic (exact) mass is 308 g/mol. The number of nitro groups is 1. The molecule has 1 heterocycles. The predicted molar refractivity (Wildman–Crippen MR) is 76.4 cm³/mol. The van der Waals surface area contributed by atoms with Crippen molar-refractivity contribution < 1.29 is 14.5 Å². The Balaban J connectivity index is 2.12. The number of rotatable bonds is 5. The number of nitro benzene ring substituents is 1. The van der Waals surface area contributed by atoms with Crippen molar-refractivity contribution in [2.75, 3.05) is 12.4 Å². The number of nitrogens with zero attached hydrogens (tertiary/aromatic N) is 3. The number of aromatic nitrogens is 2. The van der Waals surface area contributed by atoms with Gasteiger partial charge >= 0.3 is 0 Å². The van der Waals surface area contributed by atoms with Crippen molar-refractivity contribution in [2.45, 2.75) is 13.5 Å². The van der Waals surface area contributed by atoms with Gasteiger partial charge < -0.3 is 4.74 Å². The highest BCUT2D eigenvalue weighted by atomic mass is 32.1. The molecule has 1 N–H and O–H groups in total. The van der Waals surface area contributed by atoms with Gasteiger partial charge in [-0.05, 0) is 19.1 Å². The smallest absolute Gasteiger partial charge is 0.272 e. The Labute approximate surface area is 123 Å². The van der Waals surface area contributed by atoms with Crippen LogP contribution in [0, 0.1) is 17.0 Å². The number of nitrogens with one attached hydrogen (secondary N) is 1. The second kappa shape index (κ2) is 6.37. The molecule has 0 aliphatic carbocycles. The van der Waals surface area contributed by atoms with Crippen LogP contribution in [0.15, 0.2) is 18.2 Å². The fraction of sp³-hybridized carbons (Fsp3) is 0.250. The molecule has 0 fully saturated rings. The number of anilines is 1. The summed E-state index contributed by atoms with van der Waals surface area (Å²) in [6, 6.07) is 4.17. The molecule has 8 nitrogen and oxygen atoms in total. The van der Waals surface area contributed by atoms with Crippen LogP contribution in [0.5, 0.6) is 0 Å². The van der Waals surface area contributed by atoms with Crippen molar-refractivity contribution in [2.24, 2.45) is 0 Å². The zero-order valence-electron chi connectivity index (χ0n) is 11.3. The van der Waals surface area contributed by atoms with Gasteiger partial charge in [0.15, 0.2) is 0 Å². The number of amides is 1. The molecular weight excluding hydrogens is 296 g/mol. The number of carbonyl (C=O) groups excluding carboxylic acids is 1. The minimum absolute atomic E-state index is 0.0233. The maximum absolute atomic E-state index is 12.0. The summed E-state index contributed by atoms with van der Waals surface area (Å²) < 4.78 is 4.91. The molecule has 1 aromatic carbocycles. The number of methoxy groups -OCH3 is 1. The molecule has 1 amide bonds. The zero-order valence-corrected chi connectivity index (χ0v) is 12.1. The number of carbonyl (C=O) groups is 1. The molecular formula is C12H12N4O4S. The first-order valence-corrected chi connectivity index (χ1v) is 6.70. The average Bonchev–Trinajstić information content (AvgIpc) is 2.86. The van der Waals surface area contributed by atoms with Gasteiger partial charge in [0.05, 0.1) is 4.92 Å². The quantitative estimate of drug-likeness (QED) is 0.670. The van der Waals surface area contributed by atoms with Crippen LogP contribution in [-0.4, -0.2) is 28.1 Å². The van der Waals surface area contributed by atoms with Crippen molar-refractivity contribution in [3.05, 3.63) is 44.4 Å². The topological polar surface area (TPSA) is 107 Å². The van der Waals surface area contributed by atoms with Crippen LogP contribution < -0.4 is 5.32 Å². The molecule has 0 unspecified atom stereocenters. The molecule has 1 aromatic heterocycles. The second-order valence-electron chi connectivity index (χ2n) is 4.15. The van der Waals surface area contributed by atoms with Gasteiger partial charge in [-0.1, -0.05) is 11.3 Å². The fourth-order valence-corrected chi connectivity index (χ4v) is 2.36. The highest BCUT2D eigenvalue weighted by molar-refractivity contribution is 7.15. The summed E-state index contributed by atoms with van der Waals surface area (Å²) in [7, 11) is 1.54. The van der Waals surface area contributed by atoms with Crippen molar-refractivity contribution >= 4 is 28.1 Å². The SMILES string of the molecule is COCc1nnc(NC(=O)c2ccc([N+](=O)[O-])c(C)c2)s1. The molecule has 0 aliphatic heterocycles. The van der Waals surface area contributed by atoms with Gasteiger partial charge in [-0.3, -0.25) is 20.2 Å². The Morgan fingerprint density at radius 1 is 1.48 bits per heavy atom. The molecule has 9 heteroatoms. The molecule has 0 saturated carbocycles. The molecule has 0 spiro atoms. The molecule has 0 aliphatic rings. The molecule has 2 aromatic rings. The summed E-state index contributed by atoms with van der Waals surface area (Å²) in [5.74, 6) is -0.395. The van der Waals surface area contributed by atoms with E-state index in [4.69, 9.17) is 4.74 Å². The molecule has 0 bridgehead atoms. The first-order valence-electron chi connectivity index (χ1n) is 5.89. The Hall–Kier alpha value is -2.39. The minimum atomic E-state index is -0.487. The van der Waals surface area contributed by atoms with Crippen molar-refractivity contribution in [3.63, 3.8) is 0 Å². The lowest BCUT2D eigenvalue weighted by Crippen LogP contribution is -2.12. The van der Waals surface area contributed by atoms with E-state index in [9.17, 15) is 14.9 Å². The van der Waals surface area contributed by atoms with E-state index in [1.165, 1.54) is 29.5 Å². The van der Waals surface area contributed by atoms with E-state index in [1.54, 1.807) is 14.0 Å². The van der Waals surface area contributed by atoms with E-state index in [0.717, 1.165) is 0 Å². The van der Waals surface area contributed by atoms with Crippen molar-refractivity contribution in [1.82, 2.24) is 10.2 Å². The van der Waals surface area contributed by atoms with E-state index in [2.05, 4.69) is 15.5 Å². The molecule has 0 atom stereocenters. The van der Waals surface area contributed by atoms with E-state index in [1.807, 2.05) is 0 Å². The van der Waals surface area contributed by atoms with E-state index in [0.29, 0.717) is 27.9 Å². The number of hydrogen-bond donors (Lipinski definition) is 1. The number of ether oxygens (including phenoxy) is 1. The Morgan fingerprint density at radius 2 is 2.24 bits per heavy atom. The maximum Gasteiger partial charge on any atom is 0.272 e. The maximum atomic E-state index is 12.0. The number of hydrogen-bond acceptors (Lipinski definition) is 7. The largest absolute Gasteiger partial charge is 0.377 e.